The largest absolute Gasteiger partial charge is 0.497 e. The van der Waals surface area contributed by atoms with E-state index >= 15 is 0 Å². The second-order valence-electron chi connectivity index (χ2n) is 6.71. The van der Waals surface area contributed by atoms with Crippen LogP contribution in [0.25, 0.3) is 0 Å². The zero-order valence-corrected chi connectivity index (χ0v) is 16.1. The molecule has 27 heavy (non-hydrogen) atoms. The number of piperidine rings is 1. The van der Waals surface area contributed by atoms with Gasteiger partial charge in [0, 0.05) is 38.5 Å². The van der Waals surface area contributed by atoms with Gasteiger partial charge in [0.15, 0.2) is 0 Å². The van der Waals surface area contributed by atoms with Gasteiger partial charge in [0.25, 0.3) is 0 Å². The molecule has 1 saturated heterocycles. The van der Waals surface area contributed by atoms with E-state index in [1.54, 1.807) is 7.11 Å². The molecule has 1 aliphatic heterocycles. The smallest absolute Gasteiger partial charge is 0.223 e. The van der Waals surface area contributed by atoms with Crippen molar-refractivity contribution in [3.05, 3.63) is 24.3 Å². The Morgan fingerprint density at radius 2 is 1.93 bits per heavy atom. The molecule has 3 N–H and O–H groups in total. The van der Waals surface area contributed by atoms with Gasteiger partial charge in [-0.25, -0.2) is 0 Å². The van der Waals surface area contributed by atoms with Crippen LogP contribution >= 0.6 is 0 Å². The summed E-state index contributed by atoms with van der Waals surface area (Å²) >= 11 is 0. The lowest BCUT2D eigenvalue weighted by Crippen LogP contribution is -2.49. The summed E-state index contributed by atoms with van der Waals surface area (Å²) in [6, 6.07) is 7.47. The van der Waals surface area contributed by atoms with Crippen molar-refractivity contribution in [3.8, 4) is 11.5 Å². The number of ether oxygens (including phenoxy) is 2. The molecule has 1 atom stereocenters. The number of carbonyl (C=O) groups excluding carboxylic acids is 2. The zero-order valence-electron chi connectivity index (χ0n) is 16.1. The molecule has 0 aliphatic carbocycles. The van der Waals surface area contributed by atoms with Crippen LogP contribution in [0.5, 0.6) is 11.5 Å². The minimum Gasteiger partial charge on any atom is -0.497 e. The van der Waals surface area contributed by atoms with Crippen molar-refractivity contribution in [2.24, 2.45) is 5.73 Å². The van der Waals surface area contributed by atoms with Gasteiger partial charge in [-0.05, 0) is 49.9 Å². The average molecular weight is 377 g/mol. The maximum atomic E-state index is 12.6. The van der Waals surface area contributed by atoms with Crippen molar-refractivity contribution in [1.82, 2.24) is 10.2 Å². The van der Waals surface area contributed by atoms with Crippen LogP contribution in [0.4, 0.5) is 0 Å². The molecule has 0 saturated carbocycles. The molecule has 150 valence electrons. The van der Waals surface area contributed by atoms with Crippen LogP contribution in [-0.4, -0.2) is 56.1 Å². The fraction of sp³-hybridized carbons (Fsp3) is 0.600. The van der Waals surface area contributed by atoms with Crippen molar-refractivity contribution in [1.29, 1.82) is 0 Å². The molecule has 2 rings (SSSR count). The molecule has 0 radical (unpaired) electrons. The maximum Gasteiger partial charge on any atom is 0.223 e. The van der Waals surface area contributed by atoms with E-state index in [-0.39, 0.29) is 17.9 Å². The molecule has 7 nitrogen and oxygen atoms in total. The Labute approximate surface area is 161 Å². The maximum absolute atomic E-state index is 12.6. The van der Waals surface area contributed by atoms with E-state index in [1.165, 1.54) is 0 Å². The Kier molecular flexibility index (Phi) is 8.91. The Balaban J connectivity index is 1.72. The number of hydrogen-bond acceptors (Lipinski definition) is 5. The van der Waals surface area contributed by atoms with Crippen LogP contribution in [-0.2, 0) is 9.59 Å². The average Bonchev–Trinajstić information content (AvgIpc) is 2.70. The molecular weight excluding hydrogens is 346 g/mol. The highest BCUT2D eigenvalue weighted by Crippen LogP contribution is 2.19. The third kappa shape index (κ3) is 7.09. The highest BCUT2D eigenvalue weighted by Gasteiger charge is 2.26. The summed E-state index contributed by atoms with van der Waals surface area (Å²) < 4.78 is 10.8. The Hall–Kier alpha value is -2.28. The Morgan fingerprint density at radius 3 is 2.63 bits per heavy atom. The number of amides is 2. The summed E-state index contributed by atoms with van der Waals surface area (Å²) in [5, 5.41) is 2.89. The quantitative estimate of drug-likeness (QED) is 0.605. The fourth-order valence-corrected chi connectivity index (χ4v) is 3.22. The number of nitrogens with one attached hydrogen (secondary N) is 1. The standard InChI is InChI=1S/C20H31N3O4/c1-26-17-7-9-18(10-8-17)27-14-4-6-20(25)23-13-3-2-5-16(23)15-22-19(24)11-12-21/h7-10,16H,2-6,11-15,21H2,1H3,(H,22,24). The summed E-state index contributed by atoms with van der Waals surface area (Å²) in [5.74, 6) is 1.63. The van der Waals surface area contributed by atoms with Crippen molar-refractivity contribution in [3.63, 3.8) is 0 Å². The SMILES string of the molecule is COc1ccc(OCCCC(=O)N2CCCCC2CNC(=O)CCN)cc1. The topological polar surface area (TPSA) is 93.9 Å². The molecule has 1 aromatic rings. The molecule has 1 aromatic carbocycles. The molecule has 2 amide bonds. The van der Waals surface area contributed by atoms with Crippen LogP contribution < -0.4 is 20.5 Å². The lowest BCUT2D eigenvalue weighted by molar-refractivity contribution is -0.135. The second kappa shape index (κ2) is 11.4. The van der Waals surface area contributed by atoms with Crippen LogP contribution in [0.15, 0.2) is 24.3 Å². The van der Waals surface area contributed by atoms with Gasteiger partial charge in [0.05, 0.1) is 13.7 Å². The first-order chi connectivity index (χ1) is 13.1. The van der Waals surface area contributed by atoms with Gasteiger partial charge in [-0.15, -0.1) is 0 Å². The lowest BCUT2D eigenvalue weighted by atomic mass is 10.0. The first-order valence-corrected chi connectivity index (χ1v) is 9.67. The molecule has 1 fully saturated rings. The number of likely N-dealkylation sites (tertiary alicyclic amines) is 1. The van der Waals surface area contributed by atoms with Crippen LogP contribution in [0.1, 0.15) is 38.5 Å². The van der Waals surface area contributed by atoms with Crippen LogP contribution in [0.3, 0.4) is 0 Å². The number of benzene rings is 1. The predicted molar refractivity (Wildman–Crippen MR) is 104 cm³/mol. The van der Waals surface area contributed by atoms with E-state index in [9.17, 15) is 9.59 Å². The first-order valence-electron chi connectivity index (χ1n) is 9.67. The van der Waals surface area contributed by atoms with E-state index < -0.39 is 0 Å². The molecule has 0 bridgehead atoms. The lowest BCUT2D eigenvalue weighted by Gasteiger charge is -2.36. The van der Waals surface area contributed by atoms with Gasteiger partial charge in [-0.3, -0.25) is 9.59 Å². The van der Waals surface area contributed by atoms with E-state index in [1.807, 2.05) is 29.2 Å². The second-order valence-corrected chi connectivity index (χ2v) is 6.71. The summed E-state index contributed by atoms with van der Waals surface area (Å²) in [6.07, 6.45) is 4.46. The van der Waals surface area contributed by atoms with Crippen molar-refractivity contribution >= 4 is 11.8 Å². The third-order valence-corrected chi connectivity index (χ3v) is 4.72. The molecule has 7 heteroatoms. The number of hydrogen-bond donors (Lipinski definition) is 2. The molecular formula is C20H31N3O4. The van der Waals surface area contributed by atoms with E-state index in [2.05, 4.69) is 5.32 Å². The van der Waals surface area contributed by atoms with Crippen LogP contribution in [0.2, 0.25) is 0 Å². The molecule has 1 unspecified atom stereocenters. The monoisotopic (exact) mass is 377 g/mol. The normalized spacial score (nSPS) is 16.7. The summed E-state index contributed by atoms with van der Waals surface area (Å²) in [4.78, 5) is 26.1. The molecule has 1 aliphatic rings. The number of methoxy groups -OCH3 is 1. The van der Waals surface area contributed by atoms with Gasteiger partial charge in [0.2, 0.25) is 11.8 Å². The van der Waals surface area contributed by atoms with Gasteiger partial charge < -0.3 is 25.4 Å². The van der Waals surface area contributed by atoms with Crippen molar-refractivity contribution in [2.45, 2.75) is 44.6 Å². The number of nitrogens with two attached hydrogens (primary N) is 1. The van der Waals surface area contributed by atoms with Gasteiger partial charge >= 0.3 is 0 Å². The van der Waals surface area contributed by atoms with Gasteiger partial charge in [-0.1, -0.05) is 0 Å². The summed E-state index contributed by atoms with van der Waals surface area (Å²) in [5.41, 5.74) is 5.39. The minimum atomic E-state index is -0.0524. The fourth-order valence-electron chi connectivity index (χ4n) is 3.22. The van der Waals surface area contributed by atoms with Gasteiger partial charge in [0.1, 0.15) is 11.5 Å². The molecule has 0 aromatic heterocycles. The first kappa shape index (κ1) is 21.0. The zero-order chi connectivity index (χ0) is 19.5. The van der Waals surface area contributed by atoms with E-state index in [4.69, 9.17) is 15.2 Å². The Morgan fingerprint density at radius 1 is 1.19 bits per heavy atom. The molecule has 1 heterocycles. The van der Waals surface area contributed by atoms with Crippen LogP contribution in [0, 0.1) is 0 Å². The van der Waals surface area contributed by atoms with E-state index in [0.717, 1.165) is 37.3 Å². The highest BCUT2D eigenvalue weighted by atomic mass is 16.5. The minimum absolute atomic E-state index is 0.0524. The van der Waals surface area contributed by atoms with E-state index in [0.29, 0.717) is 39.0 Å². The Bertz CT molecular complexity index is 591. The summed E-state index contributed by atoms with van der Waals surface area (Å²) in [6.45, 7) is 2.10. The molecule has 0 spiro atoms. The highest BCUT2D eigenvalue weighted by molar-refractivity contribution is 5.77. The summed E-state index contributed by atoms with van der Waals surface area (Å²) in [7, 11) is 1.62. The third-order valence-electron chi connectivity index (χ3n) is 4.72. The number of carbonyl (C=O) groups is 2. The van der Waals surface area contributed by atoms with Crippen molar-refractivity contribution < 1.29 is 19.1 Å². The van der Waals surface area contributed by atoms with Gasteiger partial charge in [-0.2, -0.15) is 0 Å². The van der Waals surface area contributed by atoms with Crippen molar-refractivity contribution in [2.75, 3.05) is 33.4 Å². The number of rotatable bonds is 10. The predicted octanol–water partition coefficient (Wildman–Crippen LogP) is 1.70. The number of nitrogens with zero attached hydrogens (tertiary/aromatic N) is 1.